The molecular weight excluding hydrogens is 178 g/mol. The SMILES string of the molecule is CCOc1ccccc1C(=O)N1CC1. The van der Waals surface area contributed by atoms with Crippen LogP contribution in [0.3, 0.4) is 0 Å². The number of ether oxygens (including phenoxy) is 1. The van der Waals surface area contributed by atoms with Gasteiger partial charge in [0.25, 0.3) is 5.91 Å². The predicted molar refractivity (Wildman–Crippen MR) is 53.5 cm³/mol. The lowest BCUT2D eigenvalue weighted by atomic mass is 10.2. The maximum Gasteiger partial charge on any atom is 0.257 e. The molecule has 0 radical (unpaired) electrons. The second-order valence-electron chi connectivity index (χ2n) is 3.22. The fourth-order valence-corrected chi connectivity index (χ4v) is 1.35. The zero-order valence-corrected chi connectivity index (χ0v) is 8.19. The Morgan fingerprint density at radius 2 is 2.14 bits per heavy atom. The van der Waals surface area contributed by atoms with Gasteiger partial charge in [0, 0.05) is 13.1 Å². The minimum Gasteiger partial charge on any atom is -0.493 e. The molecule has 0 unspecified atom stereocenters. The Balaban J connectivity index is 2.25. The van der Waals surface area contributed by atoms with Crippen molar-refractivity contribution >= 4 is 5.91 Å². The maximum atomic E-state index is 11.7. The van der Waals surface area contributed by atoms with Crippen LogP contribution in [0.2, 0.25) is 0 Å². The Morgan fingerprint density at radius 1 is 1.43 bits per heavy atom. The molecule has 1 aliphatic heterocycles. The van der Waals surface area contributed by atoms with E-state index in [9.17, 15) is 4.79 Å². The van der Waals surface area contributed by atoms with Crippen molar-refractivity contribution in [2.75, 3.05) is 19.7 Å². The molecule has 0 bridgehead atoms. The van der Waals surface area contributed by atoms with E-state index in [2.05, 4.69) is 0 Å². The third kappa shape index (κ3) is 1.71. The fraction of sp³-hybridized carbons (Fsp3) is 0.364. The molecule has 1 fully saturated rings. The summed E-state index contributed by atoms with van der Waals surface area (Å²) in [5.41, 5.74) is 0.673. The van der Waals surface area contributed by atoms with Gasteiger partial charge in [0.1, 0.15) is 5.75 Å². The van der Waals surface area contributed by atoms with Crippen LogP contribution in [0.25, 0.3) is 0 Å². The summed E-state index contributed by atoms with van der Waals surface area (Å²) in [6, 6.07) is 7.38. The fourth-order valence-electron chi connectivity index (χ4n) is 1.35. The van der Waals surface area contributed by atoms with Gasteiger partial charge in [-0.2, -0.15) is 0 Å². The first kappa shape index (κ1) is 9.06. The molecule has 0 N–H and O–H groups in total. The van der Waals surface area contributed by atoms with Gasteiger partial charge >= 0.3 is 0 Å². The first-order chi connectivity index (χ1) is 6.83. The number of benzene rings is 1. The van der Waals surface area contributed by atoms with E-state index >= 15 is 0 Å². The molecule has 1 saturated heterocycles. The van der Waals surface area contributed by atoms with Crippen LogP contribution in [0.5, 0.6) is 5.75 Å². The Labute approximate surface area is 83.3 Å². The van der Waals surface area contributed by atoms with Gasteiger partial charge in [-0.25, -0.2) is 0 Å². The lowest BCUT2D eigenvalue weighted by Crippen LogP contribution is -2.12. The third-order valence-electron chi connectivity index (χ3n) is 2.15. The van der Waals surface area contributed by atoms with E-state index in [4.69, 9.17) is 4.74 Å². The first-order valence-electron chi connectivity index (χ1n) is 4.84. The van der Waals surface area contributed by atoms with Crippen LogP contribution in [0.1, 0.15) is 17.3 Å². The predicted octanol–water partition coefficient (Wildman–Crippen LogP) is 1.54. The van der Waals surface area contributed by atoms with E-state index in [0.29, 0.717) is 17.9 Å². The number of nitrogens with zero attached hydrogens (tertiary/aromatic N) is 1. The number of hydrogen-bond acceptors (Lipinski definition) is 2. The van der Waals surface area contributed by atoms with E-state index < -0.39 is 0 Å². The highest BCUT2D eigenvalue weighted by Crippen LogP contribution is 2.22. The van der Waals surface area contributed by atoms with Crippen LogP contribution < -0.4 is 4.74 Å². The van der Waals surface area contributed by atoms with Gasteiger partial charge in [-0.15, -0.1) is 0 Å². The lowest BCUT2D eigenvalue weighted by Gasteiger charge is -2.08. The summed E-state index contributed by atoms with van der Waals surface area (Å²) in [4.78, 5) is 13.5. The second-order valence-corrected chi connectivity index (χ2v) is 3.22. The monoisotopic (exact) mass is 191 g/mol. The van der Waals surface area contributed by atoms with Gasteiger partial charge in [-0.3, -0.25) is 4.79 Å². The van der Waals surface area contributed by atoms with Crippen molar-refractivity contribution in [2.24, 2.45) is 0 Å². The van der Waals surface area contributed by atoms with Gasteiger partial charge in [-0.05, 0) is 19.1 Å². The summed E-state index contributed by atoms with van der Waals surface area (Å²) in [6.45, 7) is 4.25. The Bertz CT molecular complexity index is 345. The van der Waals surface area contributed by atoms with Crippen molar-refractivity contribution in [2.45, 2.75) is 6.92 Å². The minimum atomic E-state index is 0.0778. The van der Waals surface area contributed by atoms with E-state index in [1.807, 2.05) is 31.2 Å². The molecule has 0 aliphatic carbocycles. The van der Waals surface area contributed by atoms with Crippen LogP contribution in [-0.2, 0) is 0 Å². The largest absolute Gasteiger partial charge is 0.493 e. The van der Waals surface area contributed by atoms with Gasteiger partial charge < -0.3 is 9.64 Å². The minimum absolute atomic E-state index is 0.0778. The number of para-hydroxylation sites is 1. The summed E-state index contributed by atoms with van der Waals surface area (Å²) in [5.74, 6) is 0.765. The van der Waals surface area contributed by atoms with Crippen LogP contribution in [-0.4, -0.2) is 30.5 Å². The molecule has 1 aliphatic rings. The Morgan fingerprint density at radius 3 is 2.79 bits per heavy atom. The molecule has 2 rings (SSSR count). The van der Waals surface area contributed by atoms with E-state index in [1.165, 1.54) is 0 Å². The highest BCUT2D eigenvalue weighted by atomic mass is 16.5. The topological polar surface area (TPSA) is 29.3 Å². The Kier molecular flexibility index (Phi) is 2.39. The van der Waals surface area contributed by atoms with Crippen molar-refractivity contribution < 1.29 is 9.53 Å². The summed E-state index contributed by atoms with van der Waals surface area (Å²) in [7, 11) is 0. The van der Waals surface area contributed by atoms with Gasteiger partial charge in [0.15, 0.2) is 0 Å². The molecule has 0 saturated carbocycles. The number of rotatable bonds is 3. The average Bonchev–Trinajstić information content (AvgIpc) is 3.01. The molecule has 3 heteroatoms. The molecule has 0 atom stereocenters. The van der Waals surface area contributed by atoms with E-state index in [0.717, 1.165) is 13.1 Å². The van der Waals surface area contributed by atoms with E-state index in [-0.39, 0.29) is 5.91 Å². The van der Waals surface area contributed by atoms with Gasteiger partial charge in [0.05, 0.1) is 12.2 Å². The van der Waals surface area contributed by atoms with Crippen LogP contribution in [0, 0.1) is 0 Å². The van der Waals surface area contributed by atoms with Crippen molar-refractivity contribution in [3.8, 4) is 5.75 Å². The molecule has 1 aromatic carbocycles. The number of amides is 1. The summed E-state index contributed by atoms with van der Waals surface area (Å²) < 4.78 is 5.39. The molecular formula is C11H13NO2. The smallest absolute Gasteiger partial charge is 0.257 e. The molecule has 1 aromatic rings. The molecule has 14 heavy (non-hydrogen) atoms. The van der Waals surface area contributed by atoms with Crippen LogP contribution >= 0.6 is 0 Å². The standard InChI is InChI=1S/C11H13NO2/c1-2-14-10-6-4-3-5-9(10)11(13)12-7-8-12/h3-6H,2,7-8H2,1H3. The molecule has 3 nitrogen and oxygen atoms in total. The lowest BCUT2D eigenvalue weighted by molar-refractivity contribution is 0.0881. The van der Waals surface area contributed by atoms with Crippen molar-refractivity contribution in [1.82, 2.24) is 4.90 Å². The highest BCUT2D eigenvalue weighted by molar-refractivity contribution is 5.98. The number of carbonyl (C=O) groups excluding carboxylic acids is 1. The Hall–Kier alpha value is -1.51. The maximum absolute atomic E-state index is 11.7. The molecule has 74 valence electrons. The summed E-state index contributed by atoms with van der Waals surface area (Å²) >= 11 is 0. The highest BCUT2D eigenvalue weighted by Gasteiger charge is 2.27. The first-order valence-corrected chi connectivity index (χ1v) is 4.84. The van der Waals surface area contributed by atoms with Crippen molar-refractivity contribution in [1.29, 1.82) is 0 Å². The average molecular weight is 191 g/mol. The van der Waals surface area contributed by atoms with Crippen LogP contribution in [0.15, 0.2) is 24.3 Å². The van der Waals surface area contributed by atoms with Gasteiger partial charge in [-0.1, -0.05) is 12.1 Å². The summed E-state index contributed by atoms with van der Waals surface area (Å²) in [6.07, 6.45) is 0. The van der Waals surface area contributed by atoms with Crippen molar-refractivity contribution in [3.63, 3.8) is 0 Å². The zero-order valence-electron chi connectivity index (χ0n) is 8.19. The van der Waals surface area contributed by atoms with Gasteiger partial charge in [0.2, 0.25) is 0 Å². The van der Waals surface area contributed by atoms with E-state index in [1.54, 1.807) is 4.90 Å². The summed E-state index contributed by atoms with van der Waals surface area (Å²) in [5, 5.41) is 0. The quantitative estimate of drug-likeness (QED) is 0.678. The molecule has 0 aromatic heterocycles. The normalized spacial score (nSPS) is 13.9. The molecule has 1 amide bonds. The number of carbonyl (C=O) groups is 1. The zero-order chi connectivity index (χ0) is 9.97. The third-order valence-corrected chi connectivity index (χ3v) is 2.15. The number of hydrogen-bond donors (Lipinski definition) is 0. The van der Waals surface area contributed by atoms with Crippen LogP contribution in [0.4, 0.5) is 0 Å². The molecule has 0 spiro atoms. The molecule has 1 heterocycles. The second kappa shape index (κ2) is 3.70. The van der Waals surface area contributed by atoms with Crippen molar-refractivity contribution in [3.05, 3.63) is 29.8 Å².